The zero-order valence-corrected chi connectivity index (χ0v) is 17.5. The van der Waals surface area contributed by atoms with Gasteiger partial charge in [0.1, 0.15) is 0 Å². The molecule has 6 heteroatoms. The maximum absolute atomic E-state index is 12.6. The van der Waals surface area contributed by atoms with E-state index < -0.39 is 0 Å². The summed E-state index contributed by atoms with van der Waals surface area (Å²) in [7, 11) is 0. The Labute approximate surface area is 177 Å². The number of pyridine rings is 1. The van der Waals surface area contributed by atoms with Crippen molar-refractivity contribution in [2.75, 3.05) is 13.2 Å². The maximum Gasteiger partial charge on any atom is 0.359 e. The number of aromatic nitrogens is 3. The van der Waals surface area contributed by atoms with Crippen LogP contribution in [0, 0.1) is 0 Å². The second-order valence-corrected chi connectivity index (χ2v) is 7.63. The van der Waals surface area contributed by atoms with Gasteiger partial charge in [-0.1, -0.05) is 36.4 Å². The molecule has 3 aromatic rings. The Morgan fingerprint density at radius 3 is 2.73 bits per heavy atom. The van der Waals surface area contributed by atoms with Crippen LogP contribution in [-0.4, -0.2) is 38.8 Å². The Hall–Kier alpha value is -2.99. The van der Waals surface area contributed by atoms with Crippen molar-refractivity contribution in [3.05, 3.63) is 82.9 Å². The highest BCUT2D eigenvalue weighted by Gasteiger charge is 2.28. The maximum atomic E-state index is 12.6. The molecule has 4 rings (SSSR count). The topological polar surface area (TPSA) is 60.2 Å². The predicted molar refractivity (Wildman–Crippen MR) is 115 cm³/mol. The molecule has 1 aliphatic heterocycles. The monoisotopic (exact) mass is 404 g/mol. The van der Waals surface area contributed by atoms with Gasteiger partial charge in [0, 0.05) is 56.3 Å². The summed E-state index contributed by atoms with van der Waals surface area (Å²) in [6.07, 6.45) is 6.48. The van der Waals surface area contributed by atoms with Crippen molar-refractivity contribution >= 4 is 5.97 Å². The second-order valence-electron chi connectivity index (χ2n) is 7.63. The number of aryl methyl sites for hydroxylation is 2. The molecule has 2 aromatic heterocycles. The zero-order chi connectivity index (χ0) is 20.8. The van der Waals surface area contributed by atoms with Crippen LogP contribution in [0.3, 0.4) is 0 Å². The molecule has 30 heavy (non-hydrogen) atoms. The molecule has 0 amide bonds. The van der Waals surface area contributed by atoms with E-state index in [0.29, 0.717) is 12.3 Å². The van der Waals surface area contributed by atoms with Crippen molar-refractivity contribution in [2.24, 2.45) is 0 Å². The molecule has 3 heterocycles. The van der Waals surface area contributed by atoms with Gasteiger partial charge in [-0.05, 0) is 37.0 Å². The highest BCUT2D eigenvalue weighted by atomic mass is 16.5. The highest BCUT2D eigenvalue weighted by Crippen LogP contribution is 2.25. The Morgan fingerprint density at radius 1 is 1.13 bits per heavy atom. The van der Waals surface area contributed by atoms with Gasteiger partial charge < -0.3 is 4.74 Å². The molecule has 0 aliphatic carbocycles. The van der Waals surface area contributed by atoms with Crippen molar-refractivity contribution in [3.8, 4) is 0 Å². The lowest BCUT2D eigenvalue weighted by atomic mass is 10.0. The molecule has 0 unspecified atom stereocenters. The molecule has 0 bridgehead atoms. The number of nitrogens with zero attached hydrogens (tertiary/aromatic N) is 4. The summed E-state index contributed by atoms with van der Waals surface area (Å²) in [6, 6.07) is 14.5. The molecule has 0 atom stereocenters. The van der Waals surface area contributed by atoms with Crippen molar-refractivity contribution in [2.45, 2.75) is 45.8 Å². The number of fused-ring (bicyclic) bond motifs is 1. The first kappa shape index (κ1) is 20.3. The van der Waals surface area contributed by atoms with Crippen LogP contribution < -0.4 is 0 Å². The molecule has 6 nitrogen and oxygen atoms in total. The van der Waals surface area contributed by atoms with Gasteiger partial charge in [0.25, 0.3) is 0 Å². The molecular weight excluding hydrogens is 376 g/mol. The van der Waals surface area contributed by atoms with E-state index in [0.717, 1.165) is 51.0 Å². The summed E-state index contributed by atoms with van der Waals surface area (Å²) in [4.78, 5) is 19.1. The van der Waals surface area contributed by atoms with Gasteiger partial charge in [0.2, 0.25) is 0 Å². The van der Waals surface area contributed by atoms with Gasteiger partial charge in [-0.2, -0.15) is 5.10 Å². The number of benzene rings is 1. The van der Waals surface area contributed by atoms with E-state index in [1.54, 1.807) is 6.20 Å². The summed E-state index contributed by atoms with van der Waals surface area (Å²) in [5.74, 6) is -0.318. The predicted octanol–water partition coefficient (Wildman–Crippen LogP) is 3.65. The van der Waals surface area contributed by atoms with Crippen molar-refractivity contribution in [1.29, 1.82) is 0 Å². The van der Waals surface area contributed by atoms with Crippen LogP contribution in [0.25, 0.3) is 0 Å². The van der Waals surface area contributed by atoms with Crippen LogP contribution in [0.1, 0.15) is 46.2 Å². The molecule has 1 aliphatic rings. The molecule has 0 spiro atoms. The third-order valence-electron chi connectivity index (χ3n) is 5.49. The van der Waals surface area contributed by atoms with Gasteiger partial charge in [-0.25, -0.2) is 4.79 Å². The molecule has 0 radical (unpaired) electrons. The minimum absolute atomic E-state index is 0.318. The number of hydrogen-bond acceptors (Lipinski definition) is 5. The van der Waals surface area contributed by atoms with Gasteiger partial charge in [-0.15, -0.1) is 0 Å². The molecule has 0 fully saturated rings. The SMILES string of the molecule is CCOC(=O)c1nn(CCCc2cccnc2)c2c1CN(Cc1ccccc1)CC2. The van der Waals surface area contributed by atoms with Crippen LogP contribution in [0.2, 0.25) is 0 Å². The second kappa shape index (κ2) is 9.67. The smallest absolute Gasteiger partial charge is 0.359 e. The van der Waals surface area contributed by atoms with Crippen molar-refractivity contribution in [1.82, 2.24) is 19.7 Å². The molecule has 0 saturated carbocycles. The van der Waals surface area contributed by atoms with Gasteiger partial charge in [0.15, 0.2) is 5.69 Å². The van der Waals surface area contributed by atoms with Crippen molar-refractivity contribution in [3.63, 3.8) is 0 Å². The first-order valence-corrected chi connectivity index (χ1v) is 10.7. The van der Waals surface area contributed by atoms with E-state index in [1.807, 2.05) is 29.9 Å². The van der Waals surface area contributed by atoms with E-state index in [4.69, 9.17) is 4.74 Å². The van der Waals surface area contributed by atoms with E-state index >= 15 is 0 Å². The fourth-order valence-corrected chi connectivity index (χ4v) is 4.05. The Balaban J connectivity index is 1.50. The average molecular weight is 405 g/mol. The summed E-state index contributed by atoms with van der Waals surface area (Å²) in [5, 5.41) is 4.68. The third kappa shape index (κ3) is 4.76. The number of hydrogen-bond donors (Lipinski definition) is 0. The molecule has 0 saturated heterocycles. The quantitative estimate of drug-likeness (QED) is 0.537. The Morgan fingerprint density at radius 2 is 1.97 bits per heavy atom. The Kier molecular flexibility index (Phi) is 6.54. The minimum Gasteiger partial charge on any atom is -0.461 e. The first-order valence-electron chi connectivity index (χ1n) is 10.7. The number of rotatable bonds is 8. The lowest BCUT2D eigenvalue weighted by Gasteiger charge is -2.27. The molecule has 156 valence electrons. The van der Waals surface area contributed by atoms with E-state index in [-0.39, 0.29) is 5.97 Å². The third-order valence-corrected chi connectivity index (χ3v) is 5.49. The summed E-state index contributed by atoms with van der Waals surface area (Å²) in [6.45, 7) is 5.52. The lowest BCUT2D eigenvalue weighted by Crippen LogP contribution is -2.31. The van der Waals surface area contributed by atoms with Gasteiger partial charge in [-0.3, -0.25) is 14.6 Å². The van der Waals surface area contributed by atoms with Crippen molar-refractivity contribution < 1.29 is 9.53 Å². The van der Waals surface area contributed by atoms with Gasteiger partial charge >= 0.3 is 5.97 Å². The average Bonchev–Trinajstić information content (AvgIpc) is 3.13. The summed E-state index contributed by atoms with van der Waals surface area (Å²) < 4.78 is 7.32. The fourth-order valence-electron chi connectivity index (χ4n) is 4.05. The van der Waals surface area contributed by atoms with E-state index in [1.165, 1.54) is 16.8 Å². The molecular formula is C24H28N4O2. The van der Waals surface area contributed by atoms with Crippen LogP contribution in [0.15, 0.2) is 54.9 Å². The molecule has 0 N–H and O–H groups in total. The first-order chi connectivity index (χ1) is 14.7. The summed E-state index contributed by atoms with van der Waals surface area (Å²) >= 11 is 0. The fraction of sp³-hybridized carbons (Fsp3) is 0.375. The standard InChI is InChI=1S/C24H28N4O2/c1-2-30-24(29)23-21-18-27(17-20-8-4-3-5-9-20)15-12-22(21)28(26-23)14-7-11-19-10-6-13-25-16-19/h3-6,8-10,13,16H,2,7,11-12,14-15,17-18H2,1H3. The largest absolute Gasteiger partial charge is 0.461 e. The van der Waals surface area contributed by atoms with Gasteiger partial charge in [0.05, 0.1) is 6.61 Å². The Bertz CT molecular complexity index is 970. The van der Waals surface area contributed by atoms with Crippen LogP contribution in [-0.2, 0) is 37.2 Å². The zero-order valence-electron chi connectivity index (χ0n) is 17.5. The number of esters is 1. The van der Waals surface area contributed by atoms with Crippen LogP contribution in [0.5, 0.6) is 0 Å². The number of ether oxygens (including phenoxy) is 1. The normalized spacial score (nSPS) is 13.8. The number of carbonyl (C=O) groups is 1. The van der Waals surface area contributed by atoms with E-state index in [9.17, 15) is 4.79 Å². The lowest BCUT2D eigenvalue weighted by molar-refractivity contribution is 0.0515. The molecule has 1 aromatic carbocycles. The van der Waals surface area contributed by atoms with Crippen LogP contribution in [0.4, 0.5) is 0 Å². The van der Waals surface area contributed by atoms with Crippen LogP contribution >= 0.6 is 0 Å². The summed E-state index contributed by atoms with van der Waals surface area (Å²) in [5.41, 5.74) is 5.18. The number of carbonyl (C=O) groups excluding carboxylic acids is 1. The minimum atomic E-state index is -0.318. The van der Waals surface area contributed by atoms with E-state index in [2.05, 4.69) is 45.3 Å². The highest BCUT2D eigenvalue weighted by molar-refractivity contribution is 5.89.